The third-order valence-corrected chi connectivity index (χ3v) is 3.63. The standard InChI is InChI=1S/C13H16ClN3O/c1-9-2-3-11-13(15-9)17(12(6-14)16-11)7-10-4-5-18-8-10/h2-3,10H,4-8H2,1H3. The van der Waals surface area contributed by atoms with Crippen LogP contribution in [0.15, 0.2) is 12.1 Å². The number of rotatable bonds is 3. The normalized spacial score (nSPS) is 19.8. The molecule has 3 rings (SSSR count). The van der Waals surface area contributed by atoms with Crippen LogP contribution in [0.1, 0.15) is 17.9 Å². The van der Waals surface area contributed by atoms with Crippen LogP contribution in [0, 0.1) is 12.8 Å². The molecule has 3 heterocycles. The summed E-state index contributed by atoms with van der Waals surface area (Å²) in [5.41, 5.74) is 2.88. The molecule has 0 aromatic carbocycles. The van der Waals surface area contributed by atoms with Crippen molar-refractivity contribution in [3.05, 3.63) is 23.7 Å². The van der Waals surface area contributed by atoms with Gasteiger partial charge in [-0.25, -0.2) is 9.97 Å². The van der Waals surface area contributed by atoms with Crippen LogP contribution in [0.5, 0.6) is 0 Å². The Bertz CT molecular complexity index is 561. The molecule has 1 unspecified atom stereocenters. The quantitative estimate of drug-likeness (QED) is 0.801. The Morgan fingerprint density at radius 2 is 2.33 bits per heavy atom. The largest absolute Gasteiger partial charge is 0.381 e. The average molecular weight is 266 g/mol. The fourth-order valence-corrected chi connectivity index (χ4v) is 2.63. The van der Waals surface area contributed by atoms with E-state index in [1.165, 1.54) is 0 Å². The molecule has 1 fully saturated rings. The summed E-state index contributed by atoms with van der Waals surface area (Å²) in [5, 5.41) is 0. The van der Waals surface area contributed by atoms with Crippen molar-refractivity contribution in [1.29, 1.82) is 0 Å². The number of ether oxygens (including phenoxy) is 1. The third-order valence-electron chi connectivity index (χ3n) is 3.39. The maximum atomic E-state index is 5.99. The van der Waals surface area contributed by atoms with Crippen LogP contribution < -0.4 is 0 Å². The second kappa shape index (κ2) is 4.86. The zero-order chi connectivity index (χ0) is 12.5. The van der Waals surface area contributed by atoms with Gasteiger partial charge in [0.2, 0.25) is 0 Å². The second-order valence-electron chi connectivity index (χ2n) is 4.80. The van der Waals surface area contributed by atoms with Crippen molar-refractivity contribution in [1.82, 2.24) is 14.5 Å². The van der Waals surface area contributed by atoms with Crippen LogP contribution in [-0.2, 0) is 17.2 Å². The Balaban J connectivity index is 2.03. The molecule has 1 aliphatic heterocycles. The van der Waals surface area contributed by atoms with Gasteiger partial charge < -0.3 is 9.30 Å². The minimum Gasteiger partial charge on any atom is -0.381 e. The molecule has 0 saturated carbocycles. The third kappa shape index (κ3) is 2.10. The molecule has 96 valence electrons. The maximum absolute atomic E-state index is 5.99. The molecular weight excluding hydrogens is 250 g/mol. The fourth-order valence-electron chi connectivity index (χ4n) is 2.42. The highest BCUT2D eigenvalue weighted by Gasteiger charge is 2.20. The molecule has 1 atom stereocenters. The van der Waals surface area contributed by atoms with Crippen LogP contribution in [-0.4, -0.2) is 27.7 Å². The van der Waals surface area contributed by atoms with Gasteiger partial charge in [0.1, 0.15) is 11.3 Å². The molecule has 2 aromatic rings. The first-order valence-corrected chi connectivity index (χ1v) is 6.78. The molecule has 18 heavy (non-hydrogen) atoms. The summed E-state index contributed by atoms with van der Waals surface area (Å²) >= 11 is 5.99. The Morgan fingerprint density at radius 1 is 1.44 bits per heavy atom. The minimum atomic E-state index is 0.420. The summed E-state index contributed by atoms with van der Waals surface area (Å²) in [6, 6.07) is 3.99. The number of hydrogen-bond acceptors (Lipinski definition) is 3. The van der Waals surface area contributed by atoms with Gasteiger partial charge in [-0.15, -0.1) is 11.6 Å². The highest BCUT2D eigenvalue weighted by molar-refractivity contribution is 6.16. The van der Waals surface area contributed by atoms with Crippen molar-refractivity contribution in [2.45, 2.75) is 25.8 Å². The second-order valence-corrected chi connectivity index (χ2v) is 5.06. The van der Waals surface area contributed by atoms with Crippen molar-refractivity contribution in [3.8, 4) is 0 Å². The van der Waals surface area contributed by atoms with Crippen LogP contribution in [0.3, 0.4) is 0 Å². The predicted octanol–water partition coefficient (Wildman–Crippen LogP) is 2.52. The number of imidazole rings is 1. The number of alkyl halides is 1. The van der Waals surface area contributed by atoms with Crippen molar-refractivity contribution in [2.75, 3.05) is 13.2 Å². The summed E-state index contributed by atoms with van der Waals surface area (Å²) in [4.78, 5) is 9.13. The monoisotopic (exact) mass is 265 g/mol. The average Bonchev–Trinajstić information content (AvgIpc) is 2.98. The zero-order valence-corrected chi connectivity index (χ0v) is 11.2. The summed E-state index contributed by atoms with van der Waals surface area (Å²) in [7, 11) is 0. The lowest BCUT2D eigenvalue weighted by Crippen LogP contribution is -2.13. The number of aryl methyl sites for hydroxylation is 1. The molecule has 0 bridgehead atoms. The van der Waals surface area contributed by atoms with Gasteiger partial charge in [-0.2, -0.15) is 0 Å². The lowest BCUT2D eigenvalue weighted by Gasteiger charge is -2.11. The maximum Gasteiger partial charge on any atom is 0.160 e. The van der Waals surface area contributed by atoms with E-state index in [0.29, 0.717) is 11.8 Å². The van der Waals surface area contributed by atoms with Crippen LogP contribution >= 0.6 is 11.6 Å². The highest BCUT2D eigenvalue weighted by Crippen LogP contribution is 2.21. The van der Waals surface area contributed by atoms with Crippen molar-refractivity contribution in [3.63, 3.8) is 0 Å². The molecule has 5 heteroatoms. The lowest BCUT2D eigenvalue weighted by atomic mass is 10.1. The van der Waals surface area contributed by atoms with E-state index in [0.717, 1.165) is 48.9 Å². The van der Waals surface area contributed by atoms with E-state index in [9.17, 15) is 0 Å². The van der Waals surface area contributed by atoms with Crippen molar-refractivity contribution in [2.24, 2.45) is 5.92 Å². The van der Waals surface area contributed by atoms with Crippen LogP contribution in [0.25, 0.3) is 11.2 Å². The zero-order valence-electron chi connectivity index (χ0n) is 10.4. The van der Waals surface area contributed by atoms with Crippen LogP contribution in [0.2, 0.25) is 0 Å². The Kier molecular flexibility index (Phi) is 3.22. The van der Waals surface area contributed by atoms with Gasteiger partial charge in [-0.3, -0.25) is 0 Å². The number of hydrogen-bond donors (Lipinski definition) is 0. The number of fused-ring (bicyclic) bond motifs is 1. The van der Waals surface area contributed by atoms with Gasteiger partial charge in [0.25, 0.3) is 0 Å². The van der Waals surface area contributed by atoms with E-state index in [4.69, 9.17) is 16.3 Å². The number of nitrogens with zero attached hydrogens (tertiary/aromatic N) is 3. The van der Waals surface area contributed by atoms with Gasteiger partial charge in [0, 0.05) is 24.8 Å². The Labute approximate surface area is 111 Å². The molecule has 1 aliphatic rings. The number of pyridine rings is 1. The van der Waals surface area contributed by atoms with Crippen molar-refractivity contribution >= 4 is 22.8 Å². The van der Waals surface area contributed by atoms with Gasteiger partial charge in [-0.05, 0) is 25.5 Å². The number of aromatic nitrogens is 3. The molecule has 0 spiro atoms. The number of halogens is 1. The molecule has 0 aliphatic carbocycles. The fraction of sp³-hybridized carbons (Fsp3) is 0.538. The van der Waals surface area contributed by atoms with E-state index in [2.05, 4.69) is 14.5 Å². The van der Waals surface area contributed by atoms with E-state index in [1.807, 2.05) is 19.1 Å². The molecule has 2 aromatic heterocycles. The Morgan fingerprint density at radius 3 is 3.06 bits per heavy atom. The summed E-state index contributed by atoms with van der Waals surface area (Å²) < 4.78 is 7.58. The predicted molar refractivity (Wildman–Crippen MR) is 70.7 cm³/mol. The smallest absolute Gasteiger partial charge is 0.160 e. The molecule has 4 nitrogen and oxygen atoms in total. The first-order chi connectivity index (χ1) is 8.78. The summed E-state index contributed by atoms with van der Waals surface area (Å²) in [6.07, 6.45) is 1.10. The SMILES string of the molecule is Cc1ccc2nc(CCl)n(CC3CCOC3)c2n1. The van der Waals surface area contributed by atoms with Gasteiger partial charge >= 0.3 is 0 Å². The molecule has 1 saturated heterocycles. The highest BCUT2D eigenvalue weighted by atomic mass is 35.5. The lowest BCUT2D eigenvalue weighted by molar-refractivity contribution is 0.182. The van der Waals surface area contributed by atoms with E-state index < -0.39 is 0 Å². The summed E-state index contributed by atoms with van der Waals surface area (Å²) in [6.45, 7) is 4.58. The minimum absolute atomic E-state index is 0.420. The Hall–Kier alpha value is -1.13. The van der Waals surface area contributed by atoms with E-state index in [1.54, 1.807) is 0 Å². The molecule has 0 amide bonds. The first kappa shape index (κ1) is 11.9. The topological polar surface area (TPSA) is 39.9 Å². The van der Waals surface area contributed by atoms with E-state index in [-0.39, 0.29) is 0 Å². The molecular formula is C13H16ClN3O. The summed E-state index contributed by atoms with van der Waals surface area (Å²) in [5.74, 6) is 1.87. The van der Waals surface area contributed by atoms with Gasteiger partial charge in [-0.1, -0.05) is 0 Å². The van der Waals surface area contributed by atoms with Gasteiger partial charge in [0.15, 0.2) is 5.65 Å². The van der Waals surface area contributed by atoms with Gasteiger partial charge in [0.05, 0.1) is 12.5 Å². The molecule has 0 radical (unpaired) electrons. The van der Waals surface area contributed by atoms with E-state index >= 15 is 0 Å². The molecule has 0 N–H and O–H groups in total. The van der Waals surface area contributed by atoms with Crippen LogP contribution in [0.4, 0.5) is 0 Å². The first-order valence-electron chi connectivity index (χ1n) is 6.24. The van der Waals surface area contributed by atoms with Crippen molar-refractivity contribution < 1.29 is 4.74 Å².